The second-order valence-corrected chi connectivity index (χ2v) is 7.42. The molecule has 0 spiro atoms. The van der Waals surface area contributed by atoms with Crippen LogP contribution in [0.5, 0.6) is 0 Å². The molecule has 1 aliphatic carbocycles. The number of hydrogen-bond donors (Lipinski definition) is 2. The van der Waals surface area contributed by atoms with Gasteiger partial charge in [-0.15, -0.1) is 0 Å². The highest BCUT2D eigenvalue weighted by atomic mass is 16.5. The quantitative estimate of drug-likeness (QED) is 0.300. The average Bonchev–Trinajstić information content (AvgIpc) is 2.97. The van der Waals surface area contributed by atoms with Crippen molar-refractivity contribution in [2.45, 2.75) is 83.8 Å². The first-order valence-corrected chi connectivity index (χ1v) is 10.2. The van der Waals surface area contributed by atoms with E-state index < -0.39 is 0 Å². The lowest BCUT2D eigenvalue weighted by molar-refractivity contribution is 0.0411. The molecule has 2 N–H and O–H groups in total. The van der Waals surface area contributed by atoms with Gasteiger partial charge in [0.05, 0.1) is 18.3 Å². The Hall–Kier alpha value is -1.56. The van der Waals surface area contributed by atoms with Gasteiger partial charge in [0.2, 0.25) is 0 Å². The summed E-state index contributed by atoms with van der Waals surface area (Å²) in [5.74, 6) is 2.00. The molecule has 0 unspecified atom stereocenters. The third-order valence-corrected chi connectivity index (χ3v) is 4.84. The minimum atomic E-state index is 0.380. The van der Waals surface area contributed by atoms with E-state index in [1.165, 1.54) is 38.5 Å². The zero-order valence-corrected chi connectivity index (χ0v) is 16.7. The van der Waals surface area contributed by atoms with E-state index in [9.17, 15) is 0 Å². The van der Waals surface area contributed by atoms with Crippen LogP contribution in [0.15, 0.2) is 15.6 Å². The summed E-state index contributed by atoms with van der Waals surface area (Å²) in [6, 6.07) is 2.00. The molecule has 2 rings (SSSR count). The van der Waals surface area contributed by atoms with Crippen LogP contribution in [0.25, 0.3) is 0 Å². The van der Waals surface area contributed by atoms with Crippen molar-refractivity contribution in [3.63, 3.8) is 0 Å². The zero-order valence-electron chi connectivity index (χ0n) is 16.7. The normalized spacial score (nSPS) is 16.7. The number of aliphatic imine (C=N–C) groups is 1. The Bertz CT molecular complexity index is 520. The van der Waals surface area contributed by atoms with Gasteiger partial charge in [-0.05, 0) is 31.6 Å². The number of ether oxygens (including phenoxy) is 1. The van der Waals surface area contributed by atoms with Crippen molar-refractivity contribution < 1.29 is 9.26 Å². The molecule has 0 atom stereocenters. The Morgan fingerprint density at radius 1 is 1.23 bits per heavy atom. The molecule has 1 aromatic heterocycles. The molecule has 1 saturated carbocycles. The molecule has 1 aromatic rings. The van der Waals surface area contributed by atoms with Crippen molar-refractivity contribution in [3.8, 4) is 0 Å². The summed E-state index contributed by atoms with van der Waals surface area (Å²) < 4.78 is 11.4. The third-order valence-electron chi connectivity index (χ3n) is 4.84. The monoisotopic (exact) mass is 364 g/mol. The lowest BCUT2D eigenvalue weighted by atomic mass is 10.1. The lowest BCUT2D eigenvalue weighted by Gasteiger charge is -2.15. The van der Waals surface area contributed by atoms with E-state index in [0.29, 0.717) is 18.6 Å². The number of aromatic nitrogens is 1. The van der Waals surface area contributed by atoms with Crippen LogP contribution in [0.2, 0.25) is 0 Å². The molecule has 6 nitrogen and oxygen atoms in total. The summed E-state index contributed by atoms with van der Waals surface area (Å²) in [5.41, 5.74) is 0.985. The highest BCUT2D eigenvalue weighted by Crippen LogP contribution is 2.19. The molecule has 0 aliphatic heterocycles. The molecular formula is C20H36N4O2. The summed E-state index contributed by atoms with van der Waals surface area (Å²) in [4.78, 5) is 4.25. The summed E-state index contributed by atoms with van der Waals surface area (Å²) in [5, 5.41) is 10.7. The summed E-state index contributed by atoms with van der Waals surface area (Å²) in [6.45, 7) is 6.56. The van der Waals surface area contributed by atoms with E-state index in [4.69, 9.17) is 9.26 Å². The van der Waals surface area contributed by atoms with E-state index in [1.807, 2.05) is 6.07 Å². The van der Waals surface area contributed by atoms with Crippen LogP contribution in [-0.2, 0) is 11.3 Å². The molecule has 1 fully saturated rings. The van der Waals surface area contributed by atoms with Gasteiger partial charge < -0.3 is 19.9 Å². The maximum Gasteiger partial charge on any atom is 0.191 e. The molecule has 0 bridgehead atoms. The van der Waals surface area contributed by atoms with Crippen LogP contribution in [0.1, 0.15) is 82.6 Å². The smallest absolute Gasteiger partial charge is 0.191 e. The van der Waals surface area contributed by atoms with Crippen LogP contribution < -0.4 is 10.6 Å². The van der Waals surface area contributed by atoms with E-state index in [-0.39, 0.29) is 0 Å². The van der Waals surface area contributed by atoms with Crippen molar-refractivity contribution in [3.05, 3.63) is 17.5 Å². The molecule has 1 heterocycles. The molecule has 148 valence electrons. The SMILES string of the molecule is CN=C(NCCCCOC1CCCCCC1)NCc1cc(C(C)C)no1. The standard InChI is InChI=1S/C20H36N4O2/c1-16(2)19-14-18(26-24-19)15-23-20(21-3)22-12-8-9-13-25-17-10-6-4-5-7-11-17/h14,16-17H,4-13,15H2,1-3H3,(H2,21,22,23). The van der Waals surface area contributed by atoms with Gasteiger partial charge in [0.1, 0.15) is 0 Å². The van der Waals surface area contributed by atoms with E-state index in [1.54, 1.807) is 7.05 Å². The fourth-order valence-corrected chi connectivity index (χ4v) is 3.17. The van der Waals surface area contributed by atoms with Crippen molar-refractivity contribution in [1.29, 1.82) is 0 Å². The highest BCUT2D eigenvalue weighted by Gasteiger charge is 2.12. The van der Waals surface area contributed by atoms with Gasteiger partial charge in [0.15, 0.2) is 11.7 Å². The maximum atomic E-state index is 6.03. The molecule has 0 saturated heterocycles. The van der Waals surface area contributed by atoms with Crippen LogP contribution in [0.3, 0.4) is 0 Å². The molecule has 6 heteroatoms. The van der Waals surface area contributed by atoms with E-state index in [2.05, 4.69) is 34.6 Å². The fourth-order valence-electron chi connectivity index (χ4n) is 3.17. The number of unbranched alkanes of at least 4 members (excludes halogenated alkanes) is 1. The van der Waals surface area contributed by atoms with Gasteiger partial charge >= 0.3 is 0 Å². The van der Waals surface area contributed by atoms with Crippen molar-refractivity contribution >= 4 is 5.96 Å². The van der Waals surface area contributed by atoms with E-state index in [0.717, 1.165) is 43.4 Å². The molecule has 0 aromatic carbocycles. The first-order valence-electron chi connectivity index (χ1n) is 10.2. The second kappa shape index (κ2) is 11.9. The van der Waals surface area contributed by atoms with Crippen LogP contribution >= 0.6 is 0 Å². The predicted octanol–water partition coefficient (Wildman–Crippen LogP) is 3.98. The first-order chi connectivity index (χ1) is 12.7. The van der Waals surface area contributed by atoms with Crippen LogP contribution in [0.4, 0.5) is 0 Å². The van der Waals surface area contributed by atoms with Crippen LogP contribution in [0, 0.1) is 0 Å². The Labute approximate surface area is 158 Å². The summed E-state index contributed by atoms with van der Waals surface area (Å²) in [6.07, 6.45) is 10.6. The lowest BCUT2D eigenvalue weighted by Crippen LogP contribution is -2.37. The van der Waals surface area contributed by atoms with Gasteiger partial charge in [-0.1, -0.05) is 44.7 Å². The maximum absolute atomic E-state index is 6.03. The minimum absolute atomic E-state index is 0.380. The van der Waals surface area contributed by atoms with Crippen LogP contribution in [-0.4, -0.2) is 37.4 Å². The largest absolute Gasteiger partial charge is 0.378 e. The van der Waals surface area contributed by atoms with Gasteiger partial charge in [-0.2, -0.15) is 0 Å². The highest BCUT2D eigenvalue weighted by molar-refractivity contribution is 5.79. The first kappa shape index (κ1) is 20.7. The number of nitrogens with one attached hydrogen (secondary N) is 2. The number of nitrogens with zero attached hydrogens (tertiary/aromatic N) is 2. The van der Waals surface area contributed by atoms with Crippen molar-refractivity contribution in [1.82, 2.24) is 15.8 Å². The molecular weight excluding hydrogens is 328 g/mol. The summed E-state index contributed by atoms with van der Waals surface area (Å²) in [7, 11) is 1.78. The van der Waals surface area contributed by atoms with Crippen molar-refractivity contribution in [2.75, 3.05) is 20.2 Å². The average molecular weight is 365 g/mol. The number of guanidine groups is 1. The topological polar surface area (TPSA) is 71.7 Å². The van der Waals surface area contributed by atoms with Gasteiger partial charge in [0.25, 0.3) is 0 Å². The van der Waals surface area contributed by atoms with Crippen molar-refractivity contribution in [2.24, 2.45) is 4.99 Å². The number of hydrogen-bond acceptors (Lipinski definition) is 4. The predicted molar refractivity (Wildman–Crippen MR) is 105 cm³/mol. The van der Waals surface area contributed by atoms with E-state index >= 15 is 0 Å². The zero-order chi connectivity index (χ0) is 18.6. The van der Waals surface area contributed by atoms with Gasteiger partial charge in [-0.3, -0.25) is 4.99 Å². The Morgan fingerprint density at radius 2 is 2.00 bits per heavy atom. The Morgan fingerprint density at radius 3 is 2.65 bits per heavy atom. The Balaban J connectivity index is 1.54. The number of rotatable bonds is 9. The van der Waals surface area contributed by atoms with Gasteiger partial charge in [-0.25, -0.2) is 0 Å². The molecule has 1 aliphatic rings. The summed E-state index contributed by atoms with van der Waals surface area (Å²) >= 11 is 0. The minimum Gasteiger partial charge on any atom is -0.378 e. The Kier molecular flexibility index (Phi) is 9.53. The molecule has 26 heavy (non-hydrogen) atoms. The second-order valence-electron chi connectivity index (χ2n) is 7.42. The third kappa shape index (κ3) is 7.77. The molecule has 0 radical (unpaired) electrons. The molecule has 0 amide bonds. The van der Waals surface area contributed by atoms with Gasteiger partial charge in [0, 0.05) is 26.3 Å². The fraction of sp³-hybridized carbons (Fsp3) is 0.800.